The molecule has 0 spiro atoms. The number of H-pyrrole nitrogens is 1. The minimum Gasteiger partial charge on any atom is -0.506 e. The molecule has 1 unspecified atom stereocenters. The second-order valence-corrected chi connectivity index (χ2v) is 8.00. The van der Waals surface area contributed by atoms with Crippen LogP contribution in [0.15, 0.2) is 41.3 Å². The van der Waals surface area contributed by atoms with Crippen molar-refractivity contribution in [3.63, 3.8) is 0 Å². The maximum Gasteiger partial charge on any atom is 0.270 e. The Bertz CT molecular complexity index is 1300. The van der Waals surface area contributed by atoms with E-state index in [1.165, 1.54) is 31.4 Å². The van der Waals surface area contributed by atoms with Crippen molar-refractivity contribution in [1.82, 2.24) is 30.5 Å². The summed E-state index contributed by atoms with van der Waals surface area (Å²) in [5.74, 6) is -0.552. The Balaban J connectivity index is 1.31. The molecule has 0 aliphatic carbocycles. The summed E-state index contributed by atoms with van der Waals surface area (Å²) in [4.78, 5) is 61.5. The number of aromatic amines is 1. The van der Waals surface area contributed by atoms with Gasteiger partial charge < -0.3 is 25.6 Å². The molecule has 0 saturated carbocycles. The van der Waals surface area contributed by atoms with Crippen LogP contribution in [0.5, 0.6) is 5.75 Å². The highest BCUT2D eigenvalue weighted by atomic mass is 16.3. The number of phenols is 1. The first-order chi connectivity index (χ1) is 16.4. The maximum atomic E-state index is 12.7. The smallest absolute Gasteiger partial charge is 0.270 e. The number of aromatic hydroxyl groups is 1. The third-order valence-electron chi connectivity index (χ3n) is 5.70. The molecule has 1 aliphatic heterocycles. The Labute approximate surface area is 194 Å². The molecule has 1 aliphatic rings. The van der Waals surface area contributed by atoms with Crippen molar-refractivity contribution in [3.05, 3.63) is 64.0 Å². The van der Waals surface area contributed by atoms with Gasteiger partial charge in [-0.25, -0.2) is 4.98 Å². The summed E-state index contributed by atoms with van der Waals surface area (Å²) in [6, 6.07) is 7.38. The van der Waals surface area contributed by atoms with Crippen LogP contribution < -0.4 is 16.2 Å². The highest BCUT2D eigenvalue weighted by molar-refractivity contribution is 5.96. The van der Waals surface area contributed by atoms with Crippen LogP contribution in [0.4, 0.5) is 0 Å². The molecule has 3 amide bonds. The average molecular weight is 464 g/mol. The average Bonchev–Trinajstić information content (AvgIpc) is 3.31. The molecular weight excluding hydrogens is 440 g/mol. The van der Waals surface area contributed by atoms with Gasteiger partial charge in [0.2, 0.25) is 5.91 Å². The predicted octanol–water partition coefficient (Wildman–Crippen LogP) is 0.347. The number of fused-ring (bicyclic) bond motifs is 1. The summed E-state index contributed by atoms with van der Waals surface area (Å²) >= 11 is 0. The van der Waals surface area contributed by atoms with Crippen molar-refractivity contribution < 1.29 is 19.5 Å². The number of pyridine rings is 1. The van der Waals surface area contributed by atoms with Crippen LogP contribution in [0.25, 0.3) is 10.9 Å². The van der Waals surface area contributed by atoms with Crippen molar-refractivity contribution in [3.8, 4) is 5.75 Å². The molecule has 11 heteroatoms. The number of hydrogen-bond donors (Lipinski definition) is 4. The number of amides is 3. The minimum absolute atomic E-state index is 0.0907. The van der Waals surface area contributed by atoms with E-state index in [0.717, 1.165) is 0 Å². The lowest BCUT2D eigenvalue weighted by atomic mass is 10.2. The third kappa shape index (κ3) is 4.87. The zero-order valence-electron chi connectivity index (χ0n) is 18.5. The van der Waals surface area contributed by atoms with Crippen LogP contribution in [0.2, 0.25) is 0 Å². The standard InChI is InChI=1S/C23H24N6O5/c1-24-21(32)13-5-6-16(25-11-13)23(34)26-14-9-10-29(12-14)19(31)8-7-18-27-20-15(22(33)28-18)3-2-4-17(20)30/h2-6,11,14,30H,7-10,12H2,1H3,(H,24,32)(H,26,34)(H,27,28,33). The van der Waals surface area contributed by atoms with Crippen LogP contribution in [-0.4, -0.2) is 68.9 Å². The zero-order chi connectivity index (χ0) is 24.2. The van der Waals surface area contributed by atoms with E-state index in [9.17, 15) is 24.3 Å². The molecule has 1 atom stereocenters. The van der Waals surface area contributed by atoms with Gasteiger partial charge in [0.1, 0.15) is 22.8 Å². The quantitative estimate of drug-likeness (QED) is 0.410. The summed E-state index contributed by atoms with van der Waals surface area (Å²) in [5.41, 5.74) is 0.375. The number of likely N-dealkylation sites (tertiary alicyclic amines) is 1. The molecule has 0 radical (unpaired) electrons. The van der Waals surface area contributed by atoms with Crippen molar-refractivity contribution in [2.45, 2.75) is 25.3 Å². The Morgan fingerprint density at radius 2 is 2.03 bits per heavy atom. The summed E-state index contributed by atoms with van der Waals surface area (Å²) in [7, 11) is 1.51. The molecule has 2 aromatic heterocycles. The Morgan fingerprint density at radius 3 is 2.76 bits per heavy atom. The molecule has 1 fully saturated rings. The van der Waals surface area contributed by atoms with Crippen molar-refractivity contribution in [2.24, 2.45) is 0 Å². The molecule has 4 N–H and O–H groups in total. The second kappa shape index (κ2) is 9.69. The molecule has 3 aromatic rings. The van der Waals surface area contributed by atoms with Gasteiger partial charge in [0.25, 0.3) is 17.4 Å². The number of rotatable bonds is 6. The lowest BCUT2D eigenvalue weighted by Gasteiger charge is -2.17. The largest absolute Gasteiger partial charge is 0.506 e. The summed E-state index contributed by atoms with van der Waals surface area (Å²) < 4.78 is 0. The van der Waals surface area contributed by atoms with Gasteiger partial charge in [-0.1, -0.05) is 6.07 Å². The van der Waals surface area contributed by atoms with Crippen molar-refractivity contribution in [2.75, 3.05) is 20.1 Å². The number of carbonyl (C=O) groups is 3. The molecule has 11 nitrogen and oxygen atoms in total. The van der Waals surface area contributed by atoms with E-state index in [0.29, 0.717) is 30.9 Å². The highest BCUT2D eigenvalue weighted by Crippen LogP contribution is 2.19. The Hall–Kier alpha value is -4.28. The maximum absolute atomic E-state index is 12.7. The number of benzene rings is 1. The molecule has 1 aromatic carbocycles. The van der Waals surface area contributed by atoms with E-state index < -0.39 is 0 Å². The molecule has 176 valence electrons. The molecule has 4 rings (SSSR count). The SMILES string of the molecule is CNC(=O)c1ccc(C(=O)NC2CCN(C(=O)CCc3nc4c(O)cccc4c(=O)[nH]3)C2)nc1. The van der Waals surface area contributed by atoms with E-state index in [1.54, 1.807) is 17.0 Å². The van der Waals surface area contributed by atoms with Gasteiger partial charge in [-0.3, -0.25) is 24.2 Å². The summed E-state index contributed by atoms with van der Waals surface area (Å²) in [6.45, 7) is 0.860. The van der Waals surface area contributed by atoms with E-state index in [-0.39, 0.29) is 64.5 Å². The van der Waals surface area contributed by atoms with Crippen LogP contribution in [0, 0.1) is 0 Å². The normalized spacial score (nSPS) is 15.3. The van der Waals surface area contributed by atoms with Gasteiger partial charge in [-0.2, -0.15) is 0 Å². The van der Waals surface area contributed by atoms with Gasteiger partial charge >= 0.3 is 0 Å². The molecular formula is C23H24N6O5. The lowest BCUT2D eigenvalue weighted by Crippen LogP contribution is -2.38. The Kier molecular flexibility index (Phi) is 6.53. The molecule has 0 bridgehead atoms. The Morgan fingerprint density at radius 1 is 1.21 bits per heavy atom. The monoisotopic (exact) mass is 464 g/mol. The van der Waals surface area contributed by atoms with E-state index >= 15 is 0 Å². The molecule has 34 heavy (non-hydrogen) atoms. The topological polar surface area (TPSA) is 157 Å². The number of hydrogen-bond acceptors (Lipinski definition) is 7. The fourth-order valence-electron chi connectivity index (χ4n) is 3.87. The number of nitrogens with zero attached hydrogens (tertiary/aromatic N) is 3. The van der Waals surface area contributed by atoms with Gasteiger partial charge in [-0.15, -0.1) is 0 Å². The number of phenolic OH excluding ortho intramolecular Hbond substituents is 1. The van der Waals surface area contributed by atoms with Gasteiger partial charge in [-0.05, 0) is 30.7 Å². The van der Waals surface area contributed by atoms with E-state index in [2.05, 4.69) is 25.6 Å². The van der Waals surface area contributed by atoms with E-state index in [1.807, 2.05) is 0 Å². The zero-order valence-corrected chi connectivity index (χ0v) is 18.5. The van der Waals surface area contributed by atoms with Crippen LogP contribution in [0.3, 0.4) is 0 Å². The third-order valence-corrected chi connectivity index (χ3v) is 5.70. The van der Waals surface area contributed by atoms with Crippen LogP contribution in [0.1, 0.15) is 39.5 Å². The van der Waals surface area contributed by atoms with Crippen molar-refractivity contribution >= 4 is 28.6 Å². The first-order valence-corrected chi connectivity index (χ1v) is 10.8. The molecule has 1 saturated heterocycles. The van der Waals surface area contributed by atoms with Gasteiger partial charge in [0.05, 0.1) is 10.9 Å². The number of aryl methyl sites for hydroxylation is 1. The lowest BCUT2D eigenvalue weighted by molar-refractivity contribution is -0.130. The van der Waals surface area contributed by atoms with Crippen LogP contribution >= 0.6 is 0 Å². The number of aromatic nitrogens is 3. The van der Waals surface area contributed by atoms with Crippen molar-refractivity contribution in [1.29, 1.82) is 0 Å². The predicted molar refractivity (Wildman–Crippen MR) is 122 cm³/mol. The first kappa shape index (κ1) is 22.9. The highest BCUT2D eigenvalue weighted by Gasteiger charge is 2.27. The van der Waals surface area contributed by atoms with Gasteiger partial charge in [0, 0.05) is 45.2 Å². The first-order valence-electron chi connectivity index (χ1n) is 10.8. The summed E-state index contributed by atoms with van der Waals surface area (Å²) in [5, 5.41) is 15.6. The number of carbonyl (C=O) groups excluding carboxylic acids is 3. The minimum atomic E-state index is -0.375. The fraction of sp³-hybridized carbons (Fsp3) is 0.304. The fourth-order valence-corrected chi connectivity index (χ4v) is 3.87. The van der Waals surface area contributed by atoms with Crippen LogP contribution in [-0.2, 0) is 11.2 Å². The number of para-hydroxylation sites is 1. The number of nitrogens with one attached hydrogen (secondary N) is 3. The van der Waals surface area contributed by atoms with Gasteiger partial charge in [0.15, 0.2) is 0 Å². The molecule has 3 heterocycles. The second-order valence-electron chi connectivity index (χ2n) is 8.00. The summed E-state index contributed by atoms with van der Waals surface area (Å²) in [6.07, 6.45) is 2.29. The van der Waals surface area contributed by atoms with E-state index in [4.69, 9.17) is 0 Å².